The quantitative estimate of drug-likeness (QED) is 0.757. The SMILES string of the molecule is Cc1ccc(NC(=O)c2ccc(N(C)C)c(N)c2)cc1O. The van der Waals surface area contributed by atoms with Crippen molar-refractivity contribution in [3.63, 3.8) is 0 Å². The third-order valence-corrected chi connectivity index (χ3v) is 3.24. The fourth-order valence-corrected chi connectivity index (χ4v) is 1.99. The van der Waals surface area contributed by atoms with Crippen molar-refractivity contribution in [2.45, 2.75) is 6.92 Å². The van der Waals surface area contributed by atoms with Gasteiger partial charge in [0, 0.05) is 31.4 Å². The summed E-state index contributed by atoms with van der Waals surface area (Å²) in [7, 11) is 3.78. The van der Waals surface area contributed by atoms with Crippen LogP contribution in [-0.4, -0.2) is 25.1 Å². The first kappa shape index (κ1) is 14.7. The molecule has 0 heterocycles. The van der Waals surface area contributed by atoms with Gasteiger partial charge < -0.3 is 21.1 Å². The number of phenols is 1. The number of nitrogen functional groups attached to an aromatic ring is 1. The Bertz CT molecular complexity index is 681. The summed E-state index contributed by atoms with van der Waals surface area (Å²) in [5.41, 5.74) is 9.11. The highest BCUT2D eigenvalue weighted by Gasteiger charge is 2.10. The lowest BCUT2D eigenvalue weighted by molar-refractivity contribution is 0.102. The second-order valence-corrected chi connectivity index (χ2v) is 5.12. The van der Waals surface area contributed by atoms with Crippen LogP contribution in [0, 0.1) is 6.92 Å². The first-order chi connectivity index (χ1) is 9.88. The van der Waals surface area contributed by atoms with Crippen LogP contribution in [-0.2, 0) is 0 Å². The molecule has 5 heteroatoms. The molecule has 0 saturated heterocycles. The average molecular weight is 285 g/mol. The minimum atomic E-state index is -0.268. The number of nitrogens with zero attached hydrogens (tertiary/aromatic N) is 1. The van der Waals surface area contributed by atoms with Gasteiger partial charge in [0.15, 0.2) is 0 Å². The fourth-order valence-electron chi connectivity index (χ4n) is 1.99. The lowest BCUT2D eigenvalue weighted by Crippen LogP contribution is -2.15. The first-order valence-electron chi connectivity index (χ1n) is 6.56. The molecule has 2 rings (SSSR count). The highest BCUT2D eigenvalue weighted by Crippen LogP contribution is 2.24. The molecule has 0 bridgehead atoms. The van der Waals surface area contributed by atoms with Crippen LogP contribution in [0.4, 0.5) is 17.1 Å². The largest absolute Gasteiger partial charge is 0.508 e. The summed E-state index contributed by atoms with van der Waals surface area (Å²) in [5, 5.41) is 12.4. The number of anilines is 3. The number of carbonyl (C=O) groups is 1. The van der Waals surface area contributed by atoms with Crippen LogP contribution >= 0.6 is 0 Å². The van der Waals surface area contributed by atoms with Gasteiger partial charge in [-0.1, -0.05) is 6.07 Å². The topological polar surface area (TPSA) is 78.6 Å². The number of hydrogen-bond acceptors (Lipinski definition) is 4. The summed E-state index contributed by atoms with van der Waals surface area (Å²) in [4.78, 5) is 14.1. The molecule has 0 aromatic heterocycles. The van der Waals surface area contributed by atoms with E-state index in [0.29, 0.717) is 16.9 Å². The molecule has 0 atom stereocenters. The van der Waals surface area contributed by atoms with Crippen molar-refractivity contribution in [3.8, 4) is 5.75 Å². The van der Waals surface area contributed by atoms with Gasteiger partial charge in [-0.3, -0.25) is 4.79 Å². The summed E-state index contributed by atoms with van der Waals surface area (Å²) in [6.07, 6.45) is 0. The van der Waals surface area contributed by atoms with E-state index in [1.165, 1.54) is 6.07 Å². The molecule has 1 amide bonds. The number of amides is 1. The minimum absolute atomic E-state index is 0.148. The summed E-state index contributed by atoms with van der Waals surface area (Å²) >= 11 is 0. The predicted octanol–water partition coefficient (Wildman–Crippen LogP) is 2.60. The number of benzene rings is 2. The number of phenolic OH excluding ortho intramolecular Hbond substituents is 1. The van der Waals surface area contributed by atoms with Crippen LogP contribution in [0.2, 0.25) is 0 Å². The molecule has 0 aliphatic heterocycles. The van der Waals surface area contributed by atoms with E-state index in [9.17, 15) is 9.90 Å². The Hall–Kier alpha value is -2.69. The van der Waals surface area contributed by atoms with E-state index in [2.05, 4.69) is 5.32 Å². The molecule has 110 valence electrons. The van der Waals surface area contributed by atoms with Crippen LogP contribution in [0.25, 0.3) is 0 Å². The molecule has 4 N–H and O–H groups in total. The Morgan fingerprint density at radius 2 is 1.90 bits per heavy atom. The molecule has 0 radical (unpaired) electrons. The molecular weight excluding hydrogens is 266 g/mol. The Balaban J connectivity index is 2.20. The van der Waals surface area contributed by atoms with Crippen LogP contribution in [0.3, 0.4) is 0 Å². The van der Waals surface area contributed by atoms with E-state index in [0.717, 1.165) is 11.3 Å². The van der Waals surface area contributed by atoms with Gasteiger partial charge >= 0.3 is 0 Å². The van der Waals surface area contributed by atoms with Crippen molar-refractivity contribution < 1.29 is 9.90 Å². The summed E-state index contributed by atoms with van der Waals surface area (Å²) < 4.78 is 0. The molecule has 0 fully saturated rings. The Kier molecular flexibility index (Phi) is 4.03. The van der Waals surface area contributed by atoms with Crippen molar-refractivity contribution in [1.29, 1.82) is 0 Å². The van der Waals surface area contributed by atoms with Crippen LogP contribution in [0.1, 0.15) is 15.9 Å². The Morgan fingerprint density at radius 3 is 2.48 bits per heavy atom. The van der Waals surface area contributed by atoms with Gasteiger partial charge in [0.2, 0.25) is 0 Å². The lowest BCUT2D eigenvalue weighted by atomic mass is 10.1. The molecule has 5 nitrogen and oxygen atoms in total. The molecule has 0 aliphatic carbocycles. The van der Waals surface area contributed by atoms with E-state index < -0.39 is 0 Å². The normalized spacial score (nSPS) is 10.2. The predicted molar refractivity (Wildman–Crippen MR) is 86.0 cm³/mol. The number of aromatic hydroxyl groups is 1. The van der Waals surface area contributed by atoms with Gasteiger partial charge in [-0.15, -0.1) is 0 Å². The number of aryl methyl sites for hydroxylation is 1. The molecule has 2 aromatic carbocycles. The second kappa shape index (κ2) is 5.75. The van der Waals surface area contributed by atoms with E-state index in [1.807, 2.05) is 19.0 Å². The van der Waals surface area contributed by atoms with Crippen LogP contribution < -0.4 is 16.0 Å². The molecule has 0 saturated carbocycles. The number of nitrogens with one attached hydrogen (secondary N) is 1. The Morgan fingerprint density at radius 1 is 1.19 bits per heavy atom. The van der Waals surface area contributed by atoms with E-state index in [-0.39, 0.29) is 11.7 Å². The van der Waals surface area contributed by atoms with E-state index in [4.69, 9.17) is 5.73 Å². The monoisotopic (exact) mass is 285 g/mol. The van der Waals surface area contributed by atoms with Crippen molar-refractivity contribution in [1.82, 2.24) is 0 Å². The number of nitrogens with two attached hydrogens (primary N) is 1. The van der Waals surface area contributed by atoms with E-state index in [1.54, 1.807) is 37.3 Å². The van der Waals surface area contributed by atoms with Gasteiger partial charge in [-0.2, -0.15) is 0 Å². The van der Waals surface area contributed by atoms with Crippen molar-refractivity contribution >= 4 is 23.0 Å². The maximum atomic E-state index is 12.2. The van der Waals surface area contributed by atoms with Gasteiger partial charge in [0.25, 0.3) is 5.91 Å². The molecule has 2 aromatic rings. The van der Waals surface area contributed by atoms with Gasteiger partial charge in [0.1, 0.15) is 5.75 Å². The zero-order valence-electron chi connectivity index (χ0n) is 12.3. The standard InChI is InChI=1S/C16H19N3O2/c1-10-4-6-12(9-15(10)20)18-16(21)11-5-7-14(19(2)3)13(17)8-11/h4-9,20H,17H2,1-3H3,(H,18,21). The zero-order chi connectivity index (χ0) is 15.6. The van der Waals surface area contributed by atoms with Gasteiger partial charge in [-0.05, 0) is 36.8 Å². The molecular formula is C16H19N3O2. The number of carbonyl (C=O) groups excluding carboxylic acids is 1. The fraction of sp³-hybridized carbons (Fsp3) is 0.188. The third-order valence-electron chi connectivity index (χ3n) is 3.24. The third kappa shape index (κ3) is 3.25. The zero-order valence-corrected chi connectivity index (χ0v) is 12.3. The van der Waals surface area contributed by atoms with Crippen LogP contribution in [0.15, 0.2) is 36.4 Å². The van der Waals surface area contributed by atoms with Gasteiger partial charge in [0.05, 0.1) is 11.4 Å². The maximum Gasteiger partial charge on any atom is 0.255 e. The van der Waals surface area contributed by atoms with Crippen molar-refractivity contribution in [2.24, 2.45) is 0 Å². The summed E-state index contributed by atoms with van der Waals surface area (Å²) in [6, 6.07) is 10.2. The van der Waals surface area contributed by atoms with Crippen molar-refractivity contribution in [2.75, 3.05) is 30.0 Å². The molecule has 0 aliphatic rings. The maximum absolute atomic E-state index is 12.2. The average Bonchev–Trinajstić information content (AvgIpc) is 2.42. The van der Waals surface area contributed by atoms with Gasteiger partial charge in [-0.25, -0.2) is 0 Å². The molecule has 0 unspecified atom stereocenters. The smallest absolute Gasteiger partial charge is 0.255 e. The minimum Gasteiger partial charge on any atom is -0.508 e. The number of hydrogen-bond donors (Lipinski definition) is 3. The number of rotatable bonds is 3. The summed E-state index contributed by atoms with van der Waals surface area (Å²) in [5.74, 6) is -0.120. The first-order valence-corrected chi connectivity index (χ1v) is 6.56. The molecule has 0 spiro atoms. The van der Waals surface area contributed by atoms with Crippen LogP contribution in [0.5, 0.6) is 5.75 Å². The highest BCUT2D eigenvalue weighted by molar-refractivity contribution is 6.05. The Labute approximate surface area is 124 Å². The lowest BCUT2D eigenvalue weighted by Gasteiger charge is -2.16. The van der Waals surface area contributed by atoms with E-state index >= 15 is 0 Å². The molecule has 21 heavy (non-hydrogen) atoms. The second-order valence-electron chi connectivity index (χ2n) is 5.12. The highest BCUT2D eigenvalue weighted by atomic mass is 16.3. The summed E-state index contributed by atoms with van der Waals surface area (Å²) in [6.45, 7) is 1.79. The van der Waals surface area contributed by atoms with Crippen molar-refractivity contribution in [3.05, 3.63) is 47.5 Å².